The number of methoxy groups -OCH3 is 1. The predicted molar refractivity (Wildman–Crippen MR) is 263 cm³/mol. The summed E-state index contributed by atoms with van der Waals surface area (Å²) in [4.78, 5) is 30.8. The summed E-state index contributed by atoms with van der Waals surface area (Å²) in [6.45, 7) is 14.5. The smallest absolute Gasteiger partial charge is 0.229 e. The Hall–Kier alpha value is -5.96. The van der Waals surface area contributed by atoms with Crippen molar-refractivity contribution in [2.24, 2.45) is 7.05 Å². The van der Waals surface area contributed by atoms with Crippen LogP contribution >= 0.6 is 0 Å². The number of fused-ring (bicyclic) bond motifs is 7. The second-order valence-electron chi connectivity index (χ2n) is 18.1. The van der Waals surface area contributed by atoms with Gasteiger partial charge in [-0.1, -0.05) is 104 Å². The number of hydrogen-bond acceptors (Lipinski definition) is 9. The van der Waals surface area contributed by atoms with E-state index in [-0.39, 0.29) is 61.0 Å². The summed E-state index contributed by atoms with van der Waals surface area (Å²) in [5, 5.41) is 11.7. The van der Waals surface area contributed by atoms with Crippen LogP contribution in [0.4, 0.5) is 17.1 Å². The number of rotatable bonds is 20. The van der Waals surface area contributed by atoms with Crippen LogP contribution in [0, 0.1) is 0 Å². The molecule has 0 unspecified atom stereocenters. The van der Waals surface area contributed by atoms with Gasteiger partial charge in [0.15, 0.2) is 12.3 Å². The van der Waals surface area contributed by atoms with Crippen LogP contribution in [0.5, 0.6) is 0 Å². The summed E-state index contributed by atoms with van der Waals surface area (Å²) in [6, 6.07) is 33.1. The molecule has 8 rings (SSSR count). The summed E-state index contributed by atoms with van der Waals surface area (Å²) in [6.07, 6.45) is 7.06. The third-order valence-electron chi connectivity index (χ3n) is 13.1. The molecule has 4 aromatic carbocycles. The minimum Gasteiger partial charge on any atom is -1.00 e. The van der Waals surface area contributed by atoms with Gasteiger partial charge >= 0.3 is 0 Å². The first-order valence-electron chi connectivity index (χ1n) is 23.4. The van der Waals surface area contributed by atoms with E-state index < -0.39 is 0 Å². The number of aryl methyl sites for hydroxylation is 1. The Morgan fingerprint density at radius 1 is 0.750 bits per heavy atom. The molecule has 0 saturated heterocycles. The lowest BCUT2D eigenvalue weighted by Gasteiger charge is -2.28. The van der Waals surface area contributed by atoms with E-state index in [0.717, 1.165) is 40.3 Å². The number of halogens is 1. The van der Waals surface area contributed by atoms with Crippen molar-refractivity contribution in [3.8, 4) is 22.5 Å². The Bertz CT molecular complexity index is 2670. The fraction of sp³-hybridized carbons (Fsp3) is 0.389. The molecule has 1 N–H and O–H groups in total. The lowest BCUT2D eigenvalue weighted by molar-refractivity contribution is -0.442. The summed E-state index contributed by atoms with van der Waals surface area (Å²) >= 11 is 0. The van der Waals surface area contributed by atoms with Gasteiger partial charge in [-0.15, -0.1) is 5.10 Å². The van der Waals surface area contributed by atoms with Gasteiger partial charge < -0.3 is 46.5 Å². The molecule has 3 aliphatic rings. The number of ether oxygens (including phenoxy) is 4. The zero-order valence-corrected chi connectivity index (χ0v) is 40.9. The van der Waals surface area contributed by atoms with Crippen molar-refractivity contribution in [2.75, 3.05) is 82.8 Å². The third kappa shape index (κ3) is 10.5. The largest absolute Gasteiger partial charge is 1.00 e. The van der Waals surface area contributed by atoms with Crippen molar-refractivity contribution in [2.45, 2.75) is 57.9 Å². The molecule has 0 saturated carbocycles. The summed E-state index contributed by atoms with van der Waals surface area (Å²) in [5.41, 5.74) is 12.3. The van der Waals surface area contributed by atoms with Gasteiger partial charge in [0.2, 0.25) is 17.5 Å². The molecule has 0 spiro atoms. The molecule has 0 radical (unpaired) electrons. The van der Waals surface area contributed by atoms with Crippen LogP contribution in [0.15, 0.2) is 121 Å². The molecule has 0 fully saturated rings. The molecular weight excluding hydrogens is 878 g/mol. The molecule has 1 aromatic heterocycles. The highest BCUT2D eigenvalue weighted by atomic mass is 35.5. The first-order chi connectivity index (χ1) is 32.5. The normalized spacial score (nSPS) is 15.9. The van der Waals surface area contributed by atoms with Gasteiger partial charge in [-0.05, 0) is 43.2 Å². The zero-order valence-electron chi connectivity index (χ0n) is 40.2. The van der Waals surface area contributed by atoms with Crippen LogP contribution < -0.4 is 27.5 Å². The number of allylic oxidation sites excluding steroid dienone is 4. The predicted octanol–water partition coefficient (Wildman–Crippen LogP) is 4.91. The highest BCUT2D eigenvalue weighted by molar-refractivity contribution is 6.03. The number of anilines is 2. The number of nitrogens with one attached hydrogen (secondary N) is 1. The Labute approximate surface area is 406 Å². The fourth-order valence-corrected chi connectivity index (χ4v) is 9.69. The molecule has 14 heteroatoms. The van der Waals surface area contributed by atoms with Crippen molar-refractivity contribution >= 4 is 34.6 Å². The third-order valence-corrected chi connectivity index (χ3v) is 13.1. The average Bonchev–Trinajstić information content (AvgIpc) is 3.88. The summed E-state index contributed by atoms with van der Waals surface area (Å²) < 4.78 is 27.1. The van der Waals surface area contributed by atoms with Gasteiger partial charge in [0.1, 0.15) is 12.3 Å². The Morgan fingerprint density at radius 3 is 2.21 bits per heavy atom. The molecule has 0 bridgehead atoms. The van der Waals surface area contributed by atoms with Crippen LogP contribution in [-0.4, -0.2) is 110 Å². The lowest BCUT2D eigenvalue weighted by atomic mass is 9.81. The molecule has 2 amide bonds. The fourth-order valence-electron chi connectivity index (χ4n) is 9.69. The zero-order chi connectivity index (χ0) is 47.0. The maximum absolute atomic E-state index is 13.8. The second kappa shape index (κ2) is 22.4. The molecule has 0 aliphatic carbocycles. The summed E-state index contributed by atoms with van der Waals surface area (Å²) in [5.74, 6) is -0.253. The number of amides is 2. The maximum atomic E-state index is 13.8. The number of carbonyl (C=O) groups is 2. The molecule has 13 nitrogen and oxygen atoms in total. The number of benzene rings is 4. The van der Waals surface area contributed by atoms with E-state index in [0.29, 0.717) is 52.7 Å². The minimum absolute atomic E-state index is 0. The first-order valence-corrected chi connectivity index (χ1v) is 23.4. The number of nitrogens with zero attached hydrogens (tertiary/aromatic N) is 6. The van der Waals surface area contributed by atoms with E-state index >= 15 is 0 Å². The van der Waals surface area contributed by atoms with Crippen molar-refractivity contribution in [3.63, 3.8) is 0 Å². The quantitative estimate of drug-likeness (QED) is 0.0858. The molecular formula is C54H64ClN7O6. The molecule has 0 atom stereocenters. The van der Waals surface area contributed by atoms with Gasteiger partial charge in [-0.3, -0.25) is 9.59 Å². The van der Waals surface area contributed by atoms with Crippen molar-refractivity contribution in [1.82, 2.24) is 20.3 Å². The average molecular weight is 943 g/mol. The van der Waals surface area contributed by atoms with Crippen LogP contribution in [-0.2, 0) is 53.0 Å². The van der Waals surface area contributed by atoms with Crippen molar-refractivity contribution < 1.29 is 45.5 Å². The lowest BCUT2D eigenvalue weighted by Crippen LogP contribution is -3.00. The molecule has 5 aromatic rings. The Kier molecular flexibility index (Phi) is 16.5. The minimum atomic E-state index is -0.210. The molecule has 3 aliphatic heterocycles. The molecule has 68 heavy (non-hydrogen) atoms. The number of carbonyl (C=O) groups excluding carboxylic acids is 2. The van der Waals surface area contributed by atoms with Gasteiger partial charge in [0.05, 0.1) is 63.0 Å². The van der Waals surface area contributed by atoms with E-state index in [9.17, 15) is 9.59 Å². The van der Waals surface area contributed by atoms with Crippen LogP contribution in [0.25, 0.3) is 22.5 Å². The molecule has 358 valence electrons. The Morgan fingerprint density at radius 2 is 1.41 bits per heavy atom. The van der Waals surface area contributed by atoms with E-state index in [4.69, 9.17) is 18.9 Å². The number of para-hydroxylation sites is 3. The molecule has 4 heterocycles. The van der Waals surface area contributed by atoms with Crippen LogP contribution in [0.3, 0.4) is 0 Å². The monoisotopic (exact) mass is 941 g/mol. The number of aromatic nitrogens is 3. The van der Waals surface area contributed by atoms with Crippen LogP contribution in [0.1, 0.15) is 57.2 Å². The Balaban J connectivity index is 0.00000684. The van der Waals surface area contributed by atoms with E-state index in [2.05, 4.69) is 120 Å². The van der Waals surface area contributed by atoms with E-state index in [1.165, 1.54) is 33.9 Å². The highest BCUT2D eigenvalue weighted by Gasteiger charge is 2.44. The summed E-state index contributed by atoms with van der Waals surface area (Å²) in [7, 11) is 3.55. The van der Waals surface area contributed by atoms with Gasteiger partial charge in [-0.2, -0.15) is 4.58 Å². The highest BCUT2D eigenvalue weighted by Crippen LogP contribution is 2.48. The van der Waals surface area contributed by atoms with E-state index in [1.807, 2.05) is 55.6 Å². The SMILES string of the molecule is COCCOCC[N+]1=C(/C=C/C=C2/N(CCOCCOCCC(=O)NCCC(=O)N3Cc4ccccc4-c4nnn(C)c4-c4ccccc43)c3ccccc3C2(C)C)C(C)(C)c2ccccc21.[Cl-]. The first kappa shape index (κ1) is 49.9. The van der Waals surface area contributed by atoms with Crippen LogP contribution in [0.2, 0.25) is 0 Å². The van der Waals surface area contributed by atoms with Crippen molar-refractivity contribution in [3.05, 3.63) is 138 Å². The van der Waals surface area contributed by atoms with E-state index in [1.54, 1.807) is 16.7 Å². The maximum Gasteiger partial charge on any atom is 0.229 e. The van der Waals surface area contributed by atoms with Gasteiger partial charge in [0.25, 0.3) is 0 Å². The topological polar surface area (TPSA) is 123 Å². The van der Waals surface area contributed by atoms with Gasteiger partial charge in [-0.25, -0.2) is 4.68 Å². The standard InChI is InChI=1S/C54H63N7O6.ClH/c1-53(2)42-19-10-13-22-45(42)59(29-32-66-35-34-64-6)47(53)24-15-25-48-54(3,4)43-20-11-14-23-46(43)60(48)30-33-67-37-36-65-31-27-49(62)55-28-26-50(63)61-38-39-16-7-8-17-40(39)51-52(58(5)57-56-51)41-18-9-12-21-44(41)61;/h7-25H,26-38H2,1-6H3;1H. The number of hydrogen-bond donors (Lipinski definition) is 1. The second-order valence-corrected chi connectivity index (χ2v) is 18.1. The van der Waals surface area contributed by atoms with Gasteiger partial charge in [0, 0.05) is 85.7 Å². The van der Waals surface area contributed by atoms with Crippen molar-refractivity contribution in [1.29, 1.82) is 0 Å².